The van der Waals surface area contributed by atoms with Gasteiger partial charge in [0, 0.05) is 31.7 Å². The predicted molar refractivity (Wildman–Crippen MR) is 167 cm³/mol. The predicted octanol–water partition coefficient (Wildman–Crippen LogP) is 6.57. The first-order chi connectivity index (χ1) is 18.8. The zero-order valence-corrected chi connectivity index (χ0v) is 26.0. The Hall–Kier alpha value is -2.53. The van der Waals surface area contributed by atoms with Gasteiger partial charge in [-0.05, 0) is 55.1 Å². The van der Waals surface area contributed by atoms with Gasteiger partial charge in [-0.25, -0.2) is 13.4 Å². The van der Waals surface area contributed by atoms with Crippen LogP contribution in [0.1, 0.15) is 36.7 Å². The van der Waals surface area contributed by atoms with E-state index in [9.17, 15) is 13.2 Å². The molecule has 0 N–H and O–H groups in total. The molecular weight excluding hydrogens is 587 g/mol. The van der Waals surface area contributed by atoms with Crippen molar-refractivity contribution >= 4 is 66.6 Å². The molecule has 0 fully saturated rings. The first kappa shape index (κ1) is 32.0. The summed E-state index contributed by atoms with van der Waals surface area (Å²) < 4.78 is 29.1. The fourth-order valence-electron chi connectivity index (χ4n) is 4.31. The van der Waals surface area contributed by atoms with Crippen LogP contribution in [0.5, 0.6) is 0 Å². The summed E-state index contributed by atoms with van der Waals surface area (Å²) in [4.78, 5) is 22.5. The number of carbonyl (C=O) groups excluding carboxylic acids is 1. The summed E-state index contributed by atoms with van der Waals surface area (Å²) in [5.41, 5.74) is 1.97. The molecule has 40 heavy (non-hydrogen) atoms. The van der Waals surface area contributed by atoms with Crippen LogP contribution in [0, 0.1) is 0 Å². The molecule has 0 saturated heterocycles. The summed E-state index contributed by atoms with van der Waals surface area (Å²) >= 11 is 7.78. The number of thiazole rings is 1. The number of nitrogens with zero attached hydrogens (tertiary/aromatic N) is 4. The Labute approximate surface area is 251 Å². The van der Waals surface area contributed by atoms with Crippen LogP contribution in [0.2, 0.25) is 5.02 Å². The van der Waals surface area contributed by atoms with Gasteiger partial charge in [0.05, 0.1) is 14.6 Å². The van der Waals surface area contributed by atoms with Gasteiger partial charge in [-0.1, -0.05) is 80.1 Å². The lowest BCUT2D eigenvalue weighted by molar-refractivity contribution is 0.0983. The largest absolute Gasteiger partial charge is 0.302 e. The van der Waals surface area contributed by atoms with E-state index in [-0.39, 0.29) is 29.8 Å². The number of hydrogen-bond acceptors (Lipinski definition) is 6. The zero-order valence-electron chi connectivity index (χ0n) is 22.8. The second-order valence-corrected chi connectivity index (χ2v) is 12.4. The molecule has 0 saturated carbocycles. The molecule has 0 radical (unpaired) electrons. The molecule has 1 heterocycles. The first-order valence-electron chi connectivity index (χ1n) is 13.0. The summed E-state index contributed by atoms with van der Waals surface area (Å²) in [6.07, 6.45) is 0. The molecule has 0 bridgehead atoms. The molecule has 3 aromatic carbocycles. The maximum atomic E-state index is 13.8. The van der Waals surface area contributed by atoms with Gasteiger partial charge in [-0.15, -0.1) is 12.4 Å². The molecule has 0 spiro atoms. The van der Waals surface area contributed by atoms with Crippen molar-refractivity contribution in [2.24, 2.45) is 0 Å². The van der Waals surface area contributed by atoms with Crippen LogP contribution in [0.25, 0.3) is 10.2 Å². The van der Waals surface area contributed by atoms with Crippen molar-refractivity contribution in [1.29, 1.82) is 0 Å². The number of benzene rings is 3. The lowest BCUT2D eigenvalue weighted by Gasteiger charge is -2.25. The molecule has 11 heteroatoms. The van der Waals surface area contributed by atoms with Crippen LogP contribution >= 0.6 is 35.3 Å². The van der Waals surface area contributed by atoms with Gasteiger partial charge in [0.1, 0.15) is 5.52 Å². The quantitative estimate of drug-likeness (QED) is 0.179. The van der Waals surface area contributed by atoms with Gasteiger partial charge in [0.2, 0.25) is 10.0 Å². The van der Waals surface area contributed by atoms with Gasteiger partial charge in [0.25, 0.3) is 5.91 Å². The van der Waals surface area contributed by atoms with E-state index in [1.807, 2.05) is 49.4 Å². The van der Waals surface area contributed by atoms with E-state index < -0.39 is 10.0 Å². The number of hydrogen-bond donors (Lipinski definition) is 0. The Balaban J connectivity index is 0.00000441. The van der Waals surface area contributed by atoms with Gasteiger partial charge in [-0.3, -0.25) is 9.69 Å². The van der Waals surface area contributed by atoms with E-state index in [1.54, 1.807) is 23.1 Å². The van der Waals surface area contributed by atoms with Crippen molar-refractivity contribution in [3.63, 3.8) is 0 Å². The summed E-state index contributed by atoms with van der Waals surface area (Å²) in [5.74, 6) is -0.238. The van der Waals surface area contributed by atoms with Crippen LogP contribution in [0.15, 0.2) is 77.7 Å². The number of anilines is 1. The molecule has 1 aromatic heterocycles. The molecule has 0 aliphatic heterocycles. The van der Waals surface area contributed by atoms with E-state index in [2.05, 4.69) is 18.7 Å². The number of aromatic nitrogens is 1. The SMILES string of the molecule is CCN(CC)CCN(C(=O)c1ccc(S(=O)(=O)N(CC)Cc2ccccc2)cc1)c1nc2c(Cl)cccc2s1.Cl. The number of fused-ring (bicyclic) bond motifs is 1. The Morgan fingerprint density at radius 3 is 2.15 bits per heavy atom. The van der Waals surface area contributed by atoms with Gasteiger partial charge in [-0.2, -0.15) is 4.31 Å². The topological polar surface area (TPSA) is 73.8 Å². The van der Waals surface area contributed by atoms with E-state index in [4.69, 9.17) is 16.6 Å². The van der Waals surface area contributed by atoms with Crippen molar-refractivity contribution in [3.8, 4) is 0 Å². The third kappa shape index (κ3) is 7.21. The summed E-state index contributed by atoms with van der Waals surface area (Å²) in [5, 5.41) is 1.10. The van der Waals surface area contributed by atoms with Gasteiger partial charge < -0.3 is 4.90 Å². The number of carbonyl (C=O) groups is 1. The molecule has 214 valence electrons. The fraction of sp³-hybridized carbons (Fsp3) is 0.310. The number of rotatable bonds is 12. The van der Waals surface area contributed by atoms with Crippen molar-refractivity contribution < 1.29 is 13.2 Å². The van der Waals surface area contributed by atoms with E-state index in [0.717, 1.165) is 23.4 Å². The van der Waals surface area contributed by atoms with Crippen LogP contribution < -0.4 is 4.90 Å². The molecule has 1 amide bonds. The molecule has 0 aliphatic carbocycles. The minimum atomic E-state index is -3.74. The van der Waals surface area contributed by atoms with Crippen molar-refractivity contribution in [3.05, 3.63) is 88.9 Å². The minimum absolute atomic E-state index is 0. The Morgan fingerprint density at radius 2 is 1.55 bits per heavy atom. The highest BCUT2D eigenvalue weighted by Crippen LogP contribution is 2.33. The Kier molecular flexibility index (Phi) is 11.5. The smallest absolute Gasteiger partial charge is 0.260 e. The average molecular weight is 622 g/mol. The third-order valence-electron chi connectivity index (χ3n) is 6.66. The van der Waals surface area contributed by atoms with Crippen molar-refractivity contribution in [2.75, 3.05) is 37.6 Å². The zero-order chi connectivity index (χ0) is 28.0. The van der Waals surface area contributed by atoms with E-state index in [0.29, 0.717) is 40.9 Å². The molecule has 0 atom stereocenters. The molecule has 0 aliphatic rings. The maximum absolute atomic E-state index is 13.8. The van der Waals surface area contributed by atoms with E-state index in [1.165, 1.54) is 27.8 Å². The van der Waals surface area contributed by atoms with Gasteiger partial charge in [0.15, 0.2) is 5.13 Å². The summed E-state index contributed by atoms with van der Waals surface area (Å²) in [7, 11) is -3.74. The highest BCUT2D eigenvalue weighted by Gasteiger charge is 2.26. The van der Waals surface area contributed by atoms with Crippen molar-refractivity contribution in [1.82, 2.24) is 14.2 Å². The monoisotopic (exact) mass is 620 g/mol. The first-order valence-corrected chi connectivity index (χ1v) is 15.6. The molecule has 4 rings (SSSR count). The number of halogens is 2. The molecular formula is C29H34Cl2N4O3S2. The second-order valence-electron chi connectivity index (χ2n) is 9.01. The second kappa shape index (κ2) is 14.4. The standard InChI is InChI=1S/C29H33ClN4O3S2.ClH/c1-4-32(5-2)19-20-34(29-31-27-25(30)13-10-14-26(27)38-29)28(35)23-15-17-24(18-16-23)39(36,37)33(6-3)21-22-11-8-7-9-12-22;/h7-18H,4-6,19-21H2,1-3H3;1H. The molecule has 7 nitrogen and oxygen atoms in total. The fourth-order valence-corrected chi connectivity index (χ4v) is 7.04. The third-order valence-corrected chi connectivity index (χ3v) is 9.95. The summed E-state index contributed by atoms with van der Waals surface area (Å²) in [6, 6.07) is 21.3. The van der Waals surface area contributed by atoms with Crippen LogP contribution in [-0.4, -0.2) is 61.2 Å². The number of sulfonamides is 1. The van der Waals surface area contributed by atoms with Crippen LogP contribution in [0.3, 0.4) is 0 Å². The van der Waals surface area contributed by atoms with Crippen LogP contribution in [0.4, 0.5) is 5.13 Å². The normalized spacial score (nSPS) is 11.7. The number of amides is 1. The lowest BCUT2D eigenvalue weighted by Crippen LogP contribution is -2.39. The van der Waals surface area contributed by atoms with Crippen LogP contribution in [-0.2, 0) is 16.6 Å². The number of likely N-dealkylation sites (N-methyl/N-ethyl adjacent to an activating group) is 1. The Bertz CT molecular complexity index is 1510. The highest BCUT2D eigenvalue weighted by molar-refractivity contribution is 7.89. The minimum Gasteiger partial charge on any atom is -0.302 e. The Morgan fingerprint density at radius 1 is 0.875 bits per heavy atom. The van der Waals surface area contributed by atoms with E-state index >= 15 is 0 Å². The maximum Gasteiger partial charge on any atom is 0.260 e. The van der Waals surface area contributed by atoms with Gasteiger partial charge >= 0.3 is 0 Å². The molecule has 0 unspecified atom stereocenters. The lowest BCUT2D eigenvalue weighted by atomic mass is 10.2. The molecule has 4 aromatic rings. The number of para-hydroxylation sites is 1. The average Bonchev–Trinajstić information content (AvgIpc) is 3.40. The highest BCUT2D eigenvalue weighted by atomic mass is 35.5. The van der Waals surface area contributed by atoms with Crippen molar-refractivity contribution in [2.45, 2.75) is 32.2 Å². The summed E-state index contributed by atoms with van der Waals surface area (Å²) in [6.45, 7) is 9.46.